The zero-order valence-electron chi connectivity index (χ0n) is 14.4. The molecule has 4 aromatic rings. The minimum absolute atomic E-state index is 1.28. The molecular weight excluding hydrogens is 352 g/mol. The van der Waals surface area contributed by atoms with Crippen LogP contribution >= 0.6 is 21.6 Å². The van der Waals surface area contributed by atoms with Gasteiger partial charge in [-0.15, -0.1) is 0 Å². The number of rotatable bonds is 4. The van der Waals surface area contributed by atoms with Gasteiger partial charge in [0.2, 0.25) is 0 Å². The first-order valence-corrected chi connectivity index (χ1v) is 10.6. The van der Waals surface area contributed by atoms with Crippen LogP contribution in [0.15, 0.2) is 131 Å². The van der Waals surface area contributed by atoms with Gasteiger partial charge < -0.3 is 0 Å². The van der Waals surface area contributed by atoms with Gasteiger partial charge in [-0.1, -0.05) is 119 Å². The molecule has 0 amide bonds. The van der Waals surface area contributed by atoms with E-state index in [1.807, 2.05) is 24.3 Å². The molecule has 0 aliphatic carbocycles. The molecule has 128 valence electrons. The molecule has 26 heavy (non-hydrogen) atoms. The van der Waals surface area contributed by atoms with Gasteiger partial charge in [0, 0.05) is 9.79 Å². The Hall–Kier alpha value is -2.42. The van der Waals surface area contributed by atoms with Gasteiger partial charge in [0.25, 0.3) is 0 Å². The number of benzene rings is 4. The van der Waals surface area contributed by atoms with E-state index in [0.717, 1.165) is 0 Å². The molecule has 0 fully saturated rings. The highest BCUT2D eigenvalue weighted by Crippen LogP contribution is 2.36. The molecule has 4 aromatic carbocycles. The van der Waals surface area contributed by atoms with Crippen molar-refractivity contribution in [2.45, 2.75) is 9.79 Å². The standard InChI is InChI=1S/C12H10S2.C12H10/c1-3-7-11(8-4-1)13-14-12-9-5-2-6-10-12;1-3-7-11(8-4-1)12-9-5-2-6-10-12/h1-10H;1-10H. The van der Waals surface area contributed by atoms with Crippen molar-refractivity contribution in [3.63, 3.8) is 0 Å². The van der Waals surface area contributed by atoms with Crippen LogP contribution in [0, 0.1) is 0 Å². The Morgan fingerprint density at radius 2 is 0.577 bits per heavy atom. The summed E-state index contributed by atoms with van der Waals surface area (Å²) in [5, 5.41) is 0. The van der Waals surface area contributed by atoms with E-state index in [1.54, 1.807) is 21.6 Å². The molecule has 0 aliphatic rings. The zero-order chi connectivity index (χ0) is 17.9. The van der Waals surface area contributed by atoms with E-state index in [0.29, 0.717) is 0 Å². The summed E-state index contributed by atoms with van der Waals surface area (Å²) in [6.45, 7) is 0. The molecular formula is C24H20S2. The molecule has 0 aromatic heterocycles. The van der Waals surface area contributed by atoms with Crippen molar-refractivity contribution in [1.82, 2.24) is 0 Å². The number of hydrogen-bond acceptors (Lipinski definition) is 2. The molecule has 0 unspecified atom stereocenters. The second-order valence-corrected chi connectivity index (χ2v) is 7.80. The lowest BCUT2D eigenvalue weighted by Gasteiger charge is -1.99. The summed E-state index contributed by atoms with van der Waals surface area (Å²) in [6.07, 6.45) is 0. The maximum atomic E-state index is 2.13. The Morgan fingerprint density at radius 3 is 0.885 bits per heavy atom. The molecule has 0 radical (unpaired) electrons. The third kappa shape index (κ3) is 6.14. The van der Waals surface area contributed by atoms with Gasteiger partial charge in [-0.2, -0.15) is 0 Å². The van der Waals surface area contributed by atoms with E-state index in [1.165, 1.54) is 20.9 Å². The molecule has 4 rings (SSSR count). The molecule has 0 spiro atoms. The lowest BCUT2D eigenvalue weighted by Crippen LogP contribution is -1.73. The first kappa shape index (κ1) is 18.4. The maximum absolute atomic E-state index is 2.13. The lowest BCUT2D eigenvalue weighted by molar-refractivity contribution is 1.47. The largest absolute Gasteiger partial charge is 0.0622 e. The molecule has 0 nitrogen and oxygen atoms in total. The molecule has 0 atom stereocenters. The normalized spacial score (nSPS) is 9.85. The van der Waals surface area contributed by atoms with Crippen molar-refractivity contribution in [3.05, 3.63) is 121 Å². The average molecular weight is 373 g/mol. The Kier molecular flexibility index (Phi) is 7.45. The Balaban J connectivity index is 0.000000152. The van der Waals surface area contributed by atoms with Gasteiger partial charge in [0.05, 0.1) is 0 Å². The quantitative estimate of drug-likeness (QED) is 0.335. The molecule has 0 bridgehead atoms. The van der Waals surface area contributed by atoms with Crippen LogP contribution in [-0.2, 0) is 0 Å². The summed E-state index contributed by atoms with van der Waals surface area (Å²) < 4.78 is 0. The topological polar surface area (TPSA) is 0 Å². The predicted molar refractivity (Wildman–Crippen MR) is 116 cm³/mol. The minimum atomic E-state index is 1.28. The Morgan fingerprint density at radius 1 is 0.308 bits per heavy atom. The zero-order valence-corrected chi connectivity index (χ0v) is 16.0. The highest BCUT2D eigenvalue weighted by atomic mass is 33.1. The van der Waals surface area contributed by atoms with Gasteiger partial charge in [0.15, 0.2) is 0 Å². The van der Waals surface area contributed by atoms with E-state index in [-0.39, 0.29) is 0 Å². The van der Waals surface area contributed by atoms with Crippen LogP contribution in [0.5, 0.6) is 0 Å². The Bertz CT molecular complexity index is 784. The van der Waals surface area contributed by atoms with Crippen LogP contribution in [0.2, 0.25) is 0 Å². The van der Waals surface area contributed by atoms with Crippen LogP contribution in [0.4, 0.5) is 0 Å². The summed E-state index contributed by atoms with van der Waals surface area (Å²) in [7, 11) is 3.58. The van der Waals surface area contributed by atoms with E-state index in [4.69, 9.17) is 0 Å². The Labute approximate surface area is 163 Å². The van der Waals surface area contributed by atoms with Gasteiger partial charge in [-0.3, -0.25) is 0 Å². The fourth-order valence-corrected chi connectivity index (χ4v) is 4.28. The fourth-order valence-electron chi connectivity index (χ4n) is 2.31. The van der Waals surface area contributed by atoms with Crippen LogP contribution in [0.3, 0.4) is 0 Å². The van der Waals surface area contributed by atoms with Crippen LogP contribution in [-0.4, -0.2) is 0 Å². The van der Waals surface area contributed by atoms with E-state index < -0.39 is 0 Å². The van der Waals surface area contributed by atoms with E-state index in [9.17, 15) is 0 Å². The molecule has 0 saturated carbocycles. The van der Waals surface area contributed by atoms with E-state index in [2.05, 4.69) is 97.1 Å². The predicted octanol–water partition coefficient (Wildman–Crippen LogP) is 7.84. The first-order valence-electron chi connectivity index (χ1n) is 8.47. The van der Waals surface area contributed by atoms with Gasteiger partial charge in [-0.05, 0) is 35.4 Å². The first-order chi connectivity index (χ1) is 12.9. The smallest absolute Gasteiger partial charge is 0.0186 e. The van der Waals surface area contributed by atoms with Crippen LogP contribution in [0.1, 0.15) is 0 Å². The van der Waals surface area contributed by atoms with Crippen LogP contribution in [0.25, 0.3) is 11.1 Å². The van der Waals surface area contributed by atoms with Crippen molar-refractivity contribution >= 4 is 21.6 Å². The third-order valence-electron chi connectivity index (χ3n) is 3.60. The summed E-state index contributed by atoms with van der Waals surface area (Å²) in [5.41, 5.74) is 2.55. The summed E-state index contributed by atoms with van der Waals surface area (Å²) in [5.74, 6) is 0. The average Bonchev–Trinajstić information content (AvgIpc) is 2.75. The summed E-state index contributed by atoms with van der Waals surface area (Å²) >= 11 is 0. The fraction of sp³-hybridized carbons (Fsp3) is 0. The summed E-state index contributed by atoms with van der Waals surface area (Å²) in [4.78, 5) is 2.59. The number of hydrogen-bond donors (Lipinski definition) is 0. The molecule has 0 N–H and O–H groups in total. The third-order valence-corrected chi connectivity index (χ3v) is 6.02. The van der Waals surface area contributed by atoms with Crippen molar-refractivity contribution < 1.29 is 0 Å². The molecule has 2 heteroatoms. The van der Waals surface area contributed by atoms with Gasteiger partial charge in [0.1, 0.15) is 0 Å². The van der Waals surface area contributed by atoms with Crippen molar-refractivity contribution in [1.29, 1.82) is 0 Å². The van der Waals surface area contributed by atoms with Gasteiger partial charge >= 0.3 is 0 Å². The lowest BCUT2D eigenvalue weighted by atomic mass is 10.1. The second kappa shape index (κ2) is 10.5. The van der Waals surface area contributed by atoms with Crippen LogP contribution < -0.4 is 0 Å². The maximum Gasteiger partial charge on any atom is 0.0186 e. The van der Waals surface area contributed by atoms with Crippen molar-refractivity contribution in [2.75, 3.05) is 0 Å². The van der Waals surface area contributed by atoms with Gasteiger partial charge in [-0.25, -0.2) is 0 Å². The van der Waals surface area contributed by atoms with Crippen molar-refractivity contribution in [3.8, 4) is 11.1 Å². The highest BCUT2D eigenvalue weighted by Gasteiger charge is 1.95. The summed E-state index contributed by atoms with van der Waals surface area (Å²) in [6, 6.07) is 41.6. The monoisotopic (exact) mass is 372 g/mol. The highest BCUT2D eigenvalue weighted by molar-refractivity contribution is 8.76. The molecule has 0 heterocycles. The van der Waals surface area contributed by atoms with E-state index >= 15 is 0 Å². The minimum Gasteiger partial charge on any atom is -0.0622 e. The molecule has 0 aliphatic heterocycles. The van der Waals surface area contributed by atoms with Crippen molar-refractivity contribution in [2.24, 2.45) is 0 Å². The SMILES string of the molecule is c1ccc(-c2ccccc2)cc1.c1ccc(SSc2ccccc2)cc1. The second-order valence-electron chi connectivity index (χ2n) is 5.52. The molecule has 0 saturated heterocycles.